The lowest BCUT2D eigenvalue weighted by atomic mass is 10.2. The van der Waals surface area contributed by atoms with Gasteiger partial charge in [-0.25, -0.2) is 0 Å². The van der Waals surface area contributed by atoms with E-state index in [0.29, 0.717) is 57.2 Å². The summed E-state index contributed by atoms with van der Waals surface area (Å²) in [6.45, 7) is 28.1. The van der Waals surface area contributed by atoms with Gasteiger partial charge < -0.3 is 69.4 Å². The summed E-state index contributed by atoms with van der Waals surface area (Å²) in [4.78, 5) is 1.94. The van der Waals surface area contributed by atoms with E-state index < -0.39 is 51.6 Å². The van der Waals surface area contributed by atoms with E-state index in [1.54, 1.807) is 0 Å². The Morgan fingerprint density at radius 3 is 1.23 bits per heavy atom. The fourth-order valence-electron chi connectivity index (χ4n) is 6.38. The smallest absolute Gasteiger partial charge is 0.173 e. The Hall–Kier alpha value is 0.968. The number of quaternary nitrogens is 1. The van der Waals surface area contributed by atoms with Crippen molar-refractivity contribution in [1.29, 1.82) is 0 Å². The summed E-state index contributed by atoms with van der Waals surface area (Å²) in [7, 11) is 1.05. The minimum Gasteiger partial charge on any atom is -1.00 e. The molecule has 0 spiro atoms. The molecule has 4 unspecified atom stereocenters. The summed E-state index contributed by atoms with van der Waals surface area (Å²) in [6.07, 6.45) is 1.67. The first kappa shape index (κ1) is 61.3. The van der Waals surface area contributed by atoms with E-state index >= 15 is 0 Å². The minimum atomic E-state index is -1.83. The van der Waals surface area contributed by atoms with E-state index in [2.05, 4.69) is 66.2 Å². The molecule has 0 aromatic carbocycles. The summed E-state index contributed by atoms with van der Waals surface area (Å²) in [5.74, 6) is 0.194. The van der Waals surface area contributed by atoms with Gasteiger partial charge in [0.25, 0.3) is 0 Å². The molecule has 4 atom stereocenters. The van der Waals surface area contributed by atoms with Crippen LogP contribution in [0, 0.1) is 0 Å². The van der Waals surface area contributed by atoms with Crippen LogP contribution < -0.4 is 12.4 Å². The van der Waals surface area contributed by atoms with E-state index in [4.69, 9.17) is 38.8 Å². The lowest BCUT2D eigenvalue weighted by Crippen LogP contribution is -3.00. The molecule has 0 aromatic rings. The number of alkyl halides is 1. The van der Waals surface area contributed by atoms with Crippen molar-refractivity contribution < 1.29 is 64.5 Å². The zero-order valence-corrected chi connectivity index (χ0v) is 43.9. The molecule has 0 rings (SSSR count). The molecule has 0 aliphatic heterocycles. The lowest BCUT2D eigenvalue weighted by Gasteiger charge is -2.34. The van der Waals surface area contributed by atoms with Crippen LogP contribution in [0.25, 0.3) is 0 Å². The Labute approximate surface area is 359 Å². The highest BCUT2D eigenvalue weighted by molar-refractivity contribution is 6.85. The number of aliphatic hydroxyl groups excluding tert-OH is 4. The van der Waals surface area contributed by atoms with Gasteiger partial charge in [-0.2, -0.15) is 0 Å². The van der Waals surface area contributed by atoms with Gasteiger partial charge >= 0.3 is 0 Å². The van der Waals surface area contributed by atoms with Crippen LogP contribution >= 0.6 is 11.6 Å². The van der Waals surface area contributed by atoms with Crippen molar-refractivity contribution in [1.82, 2.24) is 4.90 Å². The summed E-state index contributed by atoms with van der Waals surface area (Å²) in [6, 6.07) is 4.24. The molecule has 0 heterocycles. The van der Waals surface area contributed by atoms with Crippen molar-refractivity contribution >= 4 is 44.9 Å². The zero-order chi connectivity index (χ0) is 42.8. The van der Waals surface area contributed by atoms with Crippen molar-refractivity contribution in [2.75, 3.05) is 107 Å². The van der Waals surface area contributed by atoms with Gasteiger partial charge in [-0.15, -0.1) is 11.6 Å². The number of rotatable bonds is 34. The van der Waals surface area contributed by atoms with E-state index in [0.717, 1.165) is 56.5 Å². The predicted molar refractivity (Wildman–Crippen MR) is 240 cm³/mol. The highest BCUT2D eigenvalue weighted by atomic mass is 35.5. The zero-order valence-electron chi connectivity index (χ0n) is 38.3. The van der Waals surface area contributed by atoms with Gasteiger partial charge in [-0.3, -0.25) is 0 Å². The van der Waals surface area contributed by atoms with Gasteiger partial charge in [0.05, 0.1) is 58.6 Å². The fourth-order valence-corrected chi connectivity index (χ4v) is 23.2. The number of ether oxygens (including phenoxy) is 4. The van der Waals surface area contributed by atoms with Crippen molar-refractivity contribution in [3.05, 3.63) is 0 Å². The number of nitrogens with zero attached hydrogens (tertiary/aromatic N) is 2. The van der Waals surface area contributed by atoms with E-state index in [9.17, 15) is 20.4 Å². The fraction of sp³-hybridized carbons (Fsp3) is 1.00. The van der Waals surface area contributed by atoms with Crippen molar-refractivity contribution in [2.45, 2.75) is 140 Å². The van der Waals surface area contributed by atoms with Crippen LogP contribution in [0.2, 0.25) is 76.6 Å². The number of hydrogen-bond acceptors (Lipinski definition) is 11. The molecule has 342 valence electrons. The van der Waals surface area contributed by atoms with Gasteiger partial charge in [0.2, 0.25) is 0 Å². The lowest BCUT2D eigenvalue weighted by molar-refractivity contribution is -0.896. The van der Waals surface area contributed by atoms with E-state index in [-0.39, 0.29) is 37.6 Å². The van der Waals surface area contributed by atoms with Crippen LogP contribution in [0.3, 0.4) is 0 Å². The molecular formula is C38H90Cl2N2O10Si4. The number of likely N-dealkylation sites (N-methyl/N-ethyl adjacent to an activating group) is 2. The maximum atomic E-state index is 10.6. The Morgan fingerprint density at radius 1 is 0.554 bits per heavy atom. The average Bonchev–Trinajstić information content (AvgIpc) is 3.02. The molecule has 0 bridgehead atoms. The molecule has 4 N–H and O–H groups in total. The first-order chi connectivity index (χ1) is 25.3. The standard InChI is InChI=1S/C30H71ClNO8Si4.C8H19NO2.ClH/c1-12-41(4,5)39-42(6,7)19-14-17-37-26-29(34)23-32(2,3)24-30(35)27-38-18-15-21-44(10,11)40-43(8,9)20-13-16-36-25-28(33)22-31;1-4-5-11-7-8(10)6-9(2)3;/h28-30,33-35H,12-27H2,1-11H3;8,10H,4-7H2,1-3H3;1H/q+1;;/p-1. The second-order valence-corrected chi connectivity index (χ2v) is 36.8. The molecule has 0 saturated heterocycles. The topological polar surface area (TPSA) is 140 Å². The maximum absolute atomic E-state index is 10.6. The van der Waals surface area contributed by atoms with Gasteiger partial charge in [0, 0.05) is 33.0 Å². The average molecular weight is 918 g/mol. The van der Waals surface area contributed by atoms with E-state index in [1.165, 1.54) is 0 Å². The molecule has 56 heavy (non-hydrogen) atoms. The predicted octanol–water partition coefficient (Wildman–Crippen LogP) is 2.82. The second-order valence-electron chi connectivity index (χ2n) is 18.5. The van der Waals surface area contributed by atoms with Crippen molar-refractivity contribution in [3.63, 3.8) is 0 Å². The summed E-state index contributed by atoms with van der Waals surface area (Å²) < 4.78 is 36.0. The molecule has 0 aliphatic rings. The largest absolute Gasteiger partial charge is 1.00 e. The Balaban J connectivity index is -0.00000202. The molecule has 0 fully saturated rings. The SMILES string of the molecule is CCCOCC(O)CN(C)C.CC[Si](C)(C)O[Si](C)(C)CCCOCC(O)C[N+](C)(C)CC(O)COCCC[Si](C)(C)O[Si](C)(C)CCCOCC(O)CCl.[Cl-]. The molecule has 0 amide bonds. The molecule has 12 nitrogen and oxygen atoms in total. The summed E-state index contributed by atoms with van der Waals surface area (Å²) >= 11 is 5.60. The Morgan fingerprint density at radius 2 is 0.893 bits per heavy atom. The first-order valence-corrected chi connectivity index (χ1v) is 33.8. The second kappa shape index (κ2) is 32.6. The maximum Gasteiger partial charge on any atom is 0.173 e. The van der Waals surface area contributed by atoms with Crippen LogP contribution in [0.5, 0.6) is 0 Å². The third kappa shape index (κ3) is 39.1. The Kier molecular flexibility index (Phi) is 35.7. The van der Waals surface area contributed by atoms with Crippen LogP contribution in [-0.4, -0.2) is 194 Å². The number of halogens is 2. The number of hydrogen-bond donors (Lipinski definition) is 4. The Bertz CT molecular complexity index is 932. The molecule has 0 aliphatic carbocycles. The minimum absolute atomic E-state index is 0. The molecule has 18 heteroatoms. The monoisotopic (exact) mass is 917 g/mol. The molecule has 0 radical (unpaired) electrons. The van der Waals surface area contributed by atoms with Crippen molar-refractivity contribution in [3.8, 4) is 0 Å². The van der Waals surface area contributed by atoms with Crippen LogP contribution in [0.1, 0.15) is 39.5 Å². The normalized spacial score (nSPS) is 15.2. The van der Waals surface area contributed by atoms with Crippen LogP contribution in [0.15, 0.2) is 0 Å². The van der Waals surface area contributed by atoms with Gasteiger partial charge in [-0.05, 0) is 116 Å². The van der Waals surface area contributed by atoms with Crippen molar-refractivity contribution in [2.24, 2.45) is 0 Å². The van der Waals surface area contributed by atoms with Gasteiger partial charge in [-0.1, -0.05) is 13.8 Å². The molecular weight excluding hydrogens is 828 g/mol. The molecule has 0 saturated carbocycles. The highest BCUT2D eigenvalue weighted by Gasteiger charge is 2.33. The van der Waals surface area contributed by atoms with Gasteiger partial charge in [0.1, 0.15) is 25.3 Å². The van der Waals surface area contributed by atoms with Crippen LogP contribution in [-0.2, 0) is 27.2 Å². The highest BCUT2D eigenvalue weighted by Crippen LogP contribution is 2.24. The molecule has 0 aromatic heterocycles. The number of aliphatic hydroxyl groups is 4. The summed E-state index contributed by atoms with van der Waals surface area (Å²) in [5.41, 5.74) is 0. The van der Waals surface area contributed by atoms with Gasteiger partial charge in [0.15, 0.2) is 33.3 Å². The third-order valence-electron chi connectivity index (χ3n) is 8.91. The van der Waals surface area contributed by atoms with Crippen LogP contribution in [0.4, 0.5) is 0 Å². The quantitative estimate of drug-likeness (QED) is 0.0329. The third-order valence-corrected chi connectivity index (χ3v) is 24.5. The first-order valence-electron chi connectivity index (χ1n) is 20.8. The van der Waals surface area contributed by atoms with E-state index in [1.807, 2.05) is 33.1 Å². The summed E-state index contributed by atoms with van der Waals surface area (Å²) in [5, 5.41) is 39.9.